The van der Waals surface area contributed by atoms with E-state index in [9.17, 15) is 19.2 Å². The van der Waals surface area contributed by atoms with Gasteiger partial charge in [-0.2, -0.15) is 0 Å². The van der Waals surface area contributed by atoms with E-state index < -0.39 is 11.5 Å². The van der Waals surface area contributed by atoms with Crippen LogP contribution < -0.4 is 21.3 Å². The molecule has 3 atom stereocenters. The Kier molecular flexibility index (Phi) is 10.3. The van der Waals surface area contributed by atoms with Gasteiger partial charge in [-0.25, -0.2) is 4.98 Å². The van der Waals surface area contributed by atoms with E-state index in [1.807, 2.05) is 42.5 Å². The maximum atomic E-state index is 13.8. The molecule has 1 spiro atoms. The second-order valence-electron chi connectivity index (χ2n) is 12.8. The fourth-order valence-electron chi connectivity index (χ4n) is 6.82. The molecular weight excluding hydrogens is 616 g/mol. The molecule has 47 heavy (non-hydrogen) atoms. The molecule has 248 valence electrons. The average molecular weight is 659 g/mol. The lowest BCUT2D eigenvalue weighted by atomic mass is 9.75. The number of fused-ring (bicyclic) bond motifs is 2. The van der Waals surface area contributed by atoms with E-state index in [4.69, 9.17) is 4.74 Å². The lowest BCUT2D eigenvalue weighted by Crippen LogP contribution is -2.58. The van der Waals surface area contributed by atoms with Crippen LogP contribution in [0.1, 0.15) is 44.6 Å². The number of amides is 4. The van der Waals surface area contributed by atoms with Crippen molar-refractivity contribution in [3.8, 4) is 0 Å². The molecule has 4 N–H and O–H groups in total. The van der Waals surface area contributed by atoms with Crippen LogP contribution in [0, 0.1) is 11.3 Å². The monoisotopic (exact) mass is 658 g/mol. The average Bonchev–Trinajstić information content (AvgIpc) is 3.45. The second kappa shape index (κ2) is 14.7. The SMILES string of the molecule is CC(=O)Nc1ccc2nc(NC(=O)CN3CC[C@@H]4NC(=O)[C@@H](Cc5ccccc5)NC(=O)C5(C/C=C/C[C@@H]4C3)CCOCC5)sc2c1. The van der Waals surface area contributed by atoms with Gasteiger partial charge in [-0.05, 0) is 61.8 Å². The van der Waals surface area contributed by atoms with Crippen molar-refractivity contribution in [1.29, 1.82) is 0 Å². The predicted octanol–water partition coefficient (Wildman–Crippen LogP) is 3.87. The van der Waals surface area contributed by atoms with Crippen molar-refractivity contribution >= 4 is 56.0 Å². The van der Waals surface area contributed by atoms with Gasteiger partial charge in [-0.15, -0.1) is 0 Å². The van der Waals surface area contributed by atoms with E-state index in [2.05, 4.69) is 43.3 Å². The number of carbonyl (C=O) groups excluding carboxylic acids is 4. The molecule has 3 aromatic rings. The van der Waals surface area contributed by atoms with E-state index >= 15 is 0 Å². The van der Waals surface area contributed by atoms with Gasteiger partial charge >= 0.3 is 0 Å². The standard InChI is InChI=1S/C35H42N6O5S/c1-23(42)36-26-10-11-28-30(20-26)47-34(39-28)40-31(43)22-41-16-12-27-25(21-41)9-5-6-13-35(14-17-46-18-15-35)33(45)38-29(32(44)37-27)19-24-7-3-2-4-8-24/h2-8,10-11,20,25,27,29H,9,12-19,21-22H2,1H3,(H,36,42)(H,37,44)(H,38,45)(H,39,40,43)/b6-5+/t25-,27+,29-/m1/s1. The zero-order valence-corrected chi connectivity index (χ0v) is 27.4. The molecule has 2 aromatic carbocycles. The number of piperidine rings is 1. The van der Waals surface area contributed by atoms with Gasteiger partial charge in [0.25, 0.3) is 0 Å². The first-order valence-electron chi connectivity index (χ1n) is 16.3. The van der Waals surface area contributed by atoms with Crippen LogP contribution in [-0.2, 0) is 30.3 Å². The number of aromatic nitrogens is 1. The molecule has 6 rings (SSSR count). The lowest BCUT2D eigenvalue weighted by Gasteiger charge is -2.40. The van der Waals surface area contributed by atoms with Crippen LogP contribution in [0.25, 0.3) is 10.2 Å². The Balaban J connectivity index is 1.14. The normalized spacial score (nSPS) is 24.2. The maximum Gasteiger partial charge on any atom is 0.243 e. The second-order valence-corrected chi connectivity index (χ2v) is 13.9. The Hall–Kier alpha value is -4.13. The fraction of sp³-hybridized carbons (Fsp3) is 0.457. The number of carbonyl (C=O) groups is 4. The minimum absolute atomic E-state index is 0.0826. The van der Waals surface area contributed by atoms with Crippen LogP contribution in [0.4, 0.5) is 10.8 Å². The summed E-state index contributed by atoms with van der Waals surface area (Å²) in [6.45, 7) is 4.02. The van der Waals surface area contributed by atoms with Crippen LogP contribution in [0.2, 0.25) is 0 Å². The molecule has 0 saturated carbocycles. The quantitative estimate of drug-likeness (QED) is 0.295. The Morgan fingerprint density at radius 2 is 1.87 bits per heavy atom. The fourth-order valence-corrected chi connectivity index (χ4v) is 7.74. The van der Waals surface area contributed by atoms with Crippen molar-refractivity contribution in [2.24, 2.45) is 11.3 Å². The minimum atomic E-state index is -0.694. The third-order valence-electron chi connectivity index (χ3n) is 9.42. The van der Waals surface area contributed by atoms with Crippen molar-refractivity contribution < 1.29 is 23.9 Å². The van der Waals surface area contributed by atoms with E-state index in [1.165, 1.54) is 18.3 Å². The number of nitrogens with one attached hydrogen (secondary N) is 4. The number of thiazole rings is 1. The van der Waals surface area contributed by atoms with E-state index in [0.29, 0.717) is 69.2 Å². The zero-order chi connectivity index (χ0) is 32.8. The molecule has 2 saturated heterocycles. The number of allylic oxidation sites excluding steroid dienone is 2. The first kappa shape index (κ1) is 32.8. The molecule has 11 nitrogen and oxygen atoms in total. The molecule has 0 aliphatic carbocycles. The predicted molar refractivity (Wildman–Crippen MR) is 182 cm³/mol. The summed E-state index contributed by atoms with van der Waals surface area (Å²) in [6.07, 6.45) is 7.91. The van der Waals surface area contributed by atoms with Crippen LogP contribution in [0.5, 0.6) is 0 Å². The molecule has 0 radical (unpaired) electrons. The van der Waals surface area contributed by atoms with Crippen molar-refractivity contribution in [2.75, 3.05) is 43.5 Å². The van der Waals surface area contributed by atoms with E-state index in [-0.39, 0.29) is 42.1 Å². The van der Waals surface area contributed by atoms with Crippen LogP contribution in [0.3, 0.4) is 0 Å². The number of benzene rings is 2. The smallest absolute Gasteiger partial charge is 0.243 e. The summed E-state index contributed by atoms with van der Waals surface area (Å²) in [6, 6.07) is 14.5. The Morgan fingerprint density at radius 3 is 2.66 bits per heavy atom. The van der Waals surface area contributed by atoms with Crippen molar-refractivity contribution in [2.45, 2.75) is 57.5 Å². The summed E-state index contributed by atoms with van der Waals surface area (Å²) < 4.78 is 6.48. The highest BCUT2D eigenvalue weighted by atomic mass is 32.1. The van der Waals surface area contributed by atoms with Crippen molar-refractivity contribution in [3.05, 3.63) is 66.2 Å². The summed E-state index contributed by atoms with van der Waals surface area (Å²) in [4.78, 5) is 58.8. The van der Waals surface area contributed by atoms with Crippen LogP contribution in [-0.4, -0.2) is 78.4 Å². The summed E-state index contributed by atoms with van der Waals surface area (Å²) in [7, 11) is 0. The van der Waals surface area contributed by atoms with Gasteiger partial charge in [0.15, 0.2) is 5.13 Å². The first-order chi connectivity index (χ1) is 22.8. The molecular formula is C35H42N6O5S. The van der Waals surface area contributed by atoms with Gasteiger partial charge < -0.3 is 26.0 Å². The van der Waals surface area contributed by atoms with Crippen LogP contribution in [0.15, 0.2) is 60.7 Å². The summed E-state index contributed by atoms with van der Waals surface area (Å²) in [5.41, 5.74) is 1.81. The van der Waals surface area contributed by atoms with Crippen LogP contribution >= 0.6 is 11.3 Å². The van der Waals surface area contributed by atoms with E-state index in [1.54, 1.807) is 6.07 Å². The van der Waals surface area contributed by atoms with Gasteiger partial charge in [-0.3, -0.25) is 24.1 Å². The van der Waals surface area contributed by atoms with Crippen molar-refractivity contribution in [1.82, 2.24) is 20.5 Å². The number of likely N-dealkylation sites (tertiary alicyclic amines) is 1. The summed E-state index contributed by atoms with van der Waals surface area (Å²) >= 11 is 1.36. The zero-order valence-electron chi connectivity index (χ0n) is 26.6. The molecule has 4 heterocycles. The molecule has 0 bridgehead atoms. The highest BCUT2D eigenvalue weighted by molar-refractivity contribution is 7.22. The summed E-state index contributed by atoms with van der Waals surface area (Å²) in [5.74, 6) is -0.452. The molecule has 1 aromatic heterocycles. The lowest BCUT2D eigenvalue weighted by molar-refractivity contribution is -0.140. The minimum Gasteiger partial charge on any atom is -0.381 e. The Morgan fingerprint density at radius 1 is 1.06 bits per heavy atom. The summed E-state index contributed by atoms with van der Waals surface area (Å²) in [5, 5.41) is 12.7. The largest absolute Gasteiger partial charge is 0.381 e. The first-order valence-corrected chi connectivity index (χ1v) is 17.2. The molecule has 3 aliphatic heterocycles. The number of ether oxygens (including phenoxy) is 1. The molecule has 3 aliphatic rings. The van der Waals surface area contributed by atoms with E-state index in [0.717, 1.165) is 22.2 Å². The van der Waals surface area contributed by atoms with Gasteiger partial charge in [0.05, 0.1) is 22.2 Å². The molecule has 2 fully saturated rings. The number of hydrogen-bond donors (Lipinski definition) is 4. The highest BCUT2D eigenvalue weighted by Crippen LogP contribution is 2.36. The van der Waals surface area contributed by atoms with Gasteiger partial charge in [0, 0.05) is 51.4 Å². The number of anilines is 2. The Bertz CT molecular complexity index is 1640. The Labute approximate surface area is 278 Å². The third kappa shape index (κ3) is 8.24. The molecule has 0 unspecified atom stereocenters. The van der Waals surface area contributed by atoms with Gasteiger partial charge in [0.1, 0.15) is 6.04 Å². The number of rotatable bonds is 6. The van der Waals surface area contributed by atoms with Gasteiger partial charge in [-0.1, -0.05) is 53.8 Å². The molecule has 12 heteroatoms. The highest BCUT2D eigenvalue weighted by Gasteiger charge is 2.41. The third-order valence-corrected chi connectivity index (χ3v) is 10.4. The number of nitrogens with zero attached hydrogens (tertiary/aromatic N) is 2. The molecule has 4 amide bonds. The maximum absolute atomic E-state index is 13.8. The van der Waals surface area contributed by atoms with Gasteiger partial charge in [0.2, 0.25) is 23.6 Å². The topological polar surface area (TPSA) is 142 Å². The van der Waals surface area contributed by atoms with Crippen molar-refractivity contribution in [3.63, 3.8) is 0 Å². The number of hydrogen-bond acceptors (Lipinski definition) is 8.